The van der Waals surface area contributed by atoms with Gasteiger partial charge in [0.15, 0.2) is 0 Å². The number of halogens is 1. The van der Waals surface area contributed by atoms with Crippen LogP contribution in [0.15, 0.2) is 22.9 Å². The molecule has 0 radical (unpaired) electrons. The summed E-state index contributed by atoms with van der Waals surface area (Å²) in [6.45, 7) is 11.7. The fraction of sp³-hybridized carbons (Fsp3) is 0.609. The van der Waals surface area contributed by atoms with Crippen molar-refractivity contribution in [1.29, 1.82) is 5.26 Å². The lowest BCUT2D eigenvalue weighted by Gasteiger charge is -2.37. The number of piperidine rings is 1. The molecule has 3 rings (SSSR count). The maximum Gasteiger partial charge on any atom is 0.246 e. The van der Waals surface area contributed by atoms with Crippen molar-refractivity contribution in [1.82, 2.24) is 20.5 Å². The minimum absolute atomic E-state index is 0.00405. The summed E-state index contributed by atoms with van der Waals surface area (Å²) >= 11 is 3.33. The van der Waals surface area contributed by atoms with Crippen LogP contribution < -0.4 is 10.6 Å². The zero-order chi connectivity index (χ0) is 24.0. The third-order valence-electron chi connectivity index (χ3n) is 6.70. The molecule has 172 valence electrons. The molecule has 2 N–H and O–H groups in total. The summed E-state index contributed by atoms with van der Waals surface area (Å²) in [5.41, 5.74) is -0.0317. The van der Waals surface area contributed by atoms with Gasteiger partial charge < -0.3 is 15.5 Å². The van der Waals surface area contributed by atoms with E-state index >= 15 is 0 Å². The van der Waals surface area contributed by atoms with E-state index in [0.717, 1.165) is 0 Å². The van der Waals surface area contributed by atoms with Gasteiger partial charge in [0.1, 0.15) is 18.1 Å². The standard InChI is InChI=1S/C23H30BrN5O3/c1-12(30)27-19(22(2,3)4)21(32)29-11-15-17(23(15,5)6)18(29)20(31)28-16(8-25)13-7-14(24)10-26-9-13/h7,9-10,15-19H,11H2,1-6H3,(H,27,30)(H,28,31)/t15-,16?,17-,18-,19?/m0/s1. The minimum atomic E-state index is -0.890. The molecule has 1 aromatic rings. The van der Waals surface area contributed by atoms with Gasteiger partial charge in [-0.25, -0.2) is 0 Å². The molecule has 1 aliphatic heterocycles. The Morgan fingerprint density at radius 2 is 1.94 bits per heavy atom. The number of carbonyl (C=O) groups is 3. The summed E-state index contributed by atoms with van der Waals surface area (Å²) in [5, 5.41) is 15.2. The minimum Gasteiger partial charge on any atom is -0.344 e. The monoisotopic (exact) mass is 503 g/mol. The Balaban J connectivity index is 1.87. The Kier molecular flexibility index (Phi) is 6.40. The molecule has 1 saturated carbocycles. The second kappa shape index (κ2) is 8.47. The molecule has 2 aliphatic rings. The molecule has 1 aliphatic carbocycles. The van der Waals surface area contributed by atoms with Crippen LogP contribution in [0.25, 0.3) is 0 Å². The van der Waals surface area contributed by atoms with Crippen molar-refractivity contribution in [2.45, 2.75) is 59.7 Å². The lowest BCUT2D eigenvalue weighted by Crippen LogP contribution is -2.59. The van der Waals surface area contributed by atoms with Gasteiger partial charge in [0, 0.05) is 35.9 Å². The van der Waals surface area contributed by atoms with E-state index < -0.39 is 23.5 Å². The second-order valence-corrected chi connectivity index (χ2v) is 11.3. The van der Waals surface area contributed by atoms with Crippen LogP contribution in [0.4, 0.5) is 0 Å². The molecule has 3 amide bonds. The zero-order valence-corrected chi connectivity index (χ0v) is 20.9. The summed E-state index contributed by atoms with van der Waals surface area (Å²) in [5.74, 6) is -0.722. The highest BCUT2D eigenvalue weighted by atomic mass is 79.9. The van der Waals surface area contributed by atoms with Gasteiger partial charge in [0.2, 0.25) is 17.7 Å². The molecule has 5 atom stereocenters. The van der Waals surface area contributed by atoms with Gasteiger partial charge in [-0.2, -0.15) is 5.26 Å². The van der Waals surface area contributed by atoms with Crippen LogP contribution >= 0.6 is 15.9 Å². The molecular formula is C23H30BrN5O3. The number of nitrogens with zero attached hydrogens (tertiary/aromatic N) is 3. The molecule has 32 heavy (non-hydrogen) atoms. The number of fused-ring (bicyclic) bond motifs is 1. The van der Waals surface area contributed by atoms with Crippen LogP contribution in [0.5, 0.6) is 0 Å². The van der Waals surface area contributed by atoms with Crippen molar-refractivity contribution in [3.8, 4) is 6.07 Å². The van der Waals surface area contributed by atoms with E-state index in [-0.39, 0.29) is 35.0 Å². The number of nitrogens with one attached hydrogen (secondary N) is 2. The fourth-order valence-electron chi connectivity index (χ4n) is 4.83. The van der Waals surface area contributed by atoms with E-state index in [9.17, 15) is 19.6 Å². The maximum atomic E-state index is 13.5. The Hall–Kier alpha value is -2.47. The van der Waals surface area contributed by atoms with Gasteiger partial charge in [0.05, 0.1) is 6.07 Å². The summed E-state index contributed by atoms with van der Waals surface area (Å²) in [7, 11) is 0. The number of amides is 3. The van der Waals surface area contributed by atoms with Crippen LogP contribution in [0.2, 0.25) is 0 Å². The third kappa shape index (κ3) is 4.51. The van der Waals surface area contributed by atoms with Gasteiger partial charge in [-0.05, 0) is 44.7 Å². The van der Waals surface area contributed by atoms with Crippen LogP contribution in [0.3, 0.4) is 0 Å². The largest absolute Gasteiger partial charge is 0.344 e. The molecule has 0 aromatic carbocycles. The first-order valence-electron chi connectivity index (χ1n) is 10.7. The summed E-state index contributed by atoms with van der Waals surface area (Å²) < 4.78 is 0.703. The molecule has 2 fully saturated rings. The summed E-state index contributed by atoms with van der Waals surface area (Å²) in [6, 6.07) is 1.50. The van der Waals surface area contributed by atoms with E-state index in [1.165, 1.54) is 13.1 Å². The van der Waals surface area contributed by atoms with Crippen LogP contribution in [-0.4, -0.2) is 46.2 Å². The number of carbonyl (C=O) groups excluding carboxylic acids is 3. The number of likely N-dealkylation sites (tertiary alicyclic amines) is 1. The lowest BCUT2D eigenvalue weighted by molar-refractivity contribution is -0.145. The Morgan fingerprint density at radius 3 is 2.47 bits per heavy atom. The third-order valence-corrected chi connectivity index (χ3v) is 7.13. The number of aromatic nitrogens is 1. The highest BCUT2D eigenvalue weighted by molar-refractivity contribution is 9.10. The molecule has 2 heterocycles. The molecule has 8 nitrogen and oxygen atoms in total. The summed E-state index contributed by atoms with van der Waals surface area (Å²) in [4.78, 5) is 44.4. The van der Waals surface area contributed by atoms with E-state index in [1.54, 1.807) is 17.2 Å². The van der Waals surface area contributed by atoms with Crippen molar-refractivity contribution in [3.05, 3.63) is 28.5 Å². The number of hydrogen-bond donors (Lipinski definition) is 2. The predicted octanol–water partition coefficient (Wildman–Crippen LogP) is 2.56. The SMILES string of the molecule is CC(=O)NC(C(=O)N1C[C@H]2[C@@H]([C@H]1C(=O)NC(C#N)c1cncc(Br)c1)C2(C)C)C(C)(C)C. The van der Waals surface area contributed by atoms with Gasteiger partial charge in [-0.3, -0.25) is 19.4 Å². The van der Waals surface area contributed by atoms with Crippen molar-refractivity contribution in [2.24, 2.45) is 22.7 Å². The van der Waals surface area contributed by atoms with Crippen LogP contribution in [0.1, 0.15) is 53.1 Å². The Bertz CT molecular complexity index is 981. The van der Waals surface area contributed by atoms with Gasteiger partial charge in [0.25, 0.3) is 0 Å². The highest BCUT2D eigenvalue weighted by Crippen LogP contribution is 2.65. The number of rotatable bonds is 5. The lowest BCUT2D eigenvalue weighted by atomic mass is 9.85. The topological polar surface area (TPSA) is 115 Å². The fourth-order valence-corrected chi connectivity index (χ4v) is 5.22. The summed E-state index contributed by atoms with van der Waals surface area (Å²) in [6.07, 6.45) is 3.13. The van der Waals surface area contributed by atoms with Crippen molar-refractivity contribution < 1.29 is 14.4 Å². The Morgan fingerprint density at radius 1 is 1.28 bits per heavy atom. The molecule has 0 spiro atoms. The van der Waals surface area contributed by atoms with Crippen molar-refractivity contribution in [2.75, 3.05) is 6.54 Å². The van der Waals surface area contributed by atoms with Crippen molar-refractivity contribution in [3.63, 3.8) is 0 Å². The quantitative estimate of drug-likeness (QED) is 0.640. The highest BCUT2D eigenvalue weighted by Gasteiger charge is 2.69. The normalized spacial score (nSPS) is 25.2. The number of nitriles is 1. The first-order chi connectivity index (χ1) is 14.8. The van der Waals surface area contributed by atoms with Gasteiger partial charge in [-0.15, -0.1) is 0 Å². The second-order valence-electron chi connectivity index (χ2n) is 10.4. The molecule has 9 heteroatoms. The first kappa shape index (κ1) is 24.2. The number of hydrogen-bond acceptors (Lipinski definition) is 5. The molecular weight excluding hydrogens is 474 g/mol. The van der Waals surface area contributed by atoms with E-state index in [1.807, 2.05) is 20.8 Å². The predicted molar refractivity (Wildman–Crippen MR) is 122 cm³/mol. The van der Waals surface area contributed by atoms with Gasteiger partial charge in [-0.1, -0.05) is 34.6 Å². The number of pyridine rings is 1. The zero-order valence-electron chi connectivity index (χ0n) is 19.3. The van der Waals surface area contributed by atoms with Crippen LogP contribution in [0, 0.1) is 34.0 Å². The maximum absolute atomic E-state index is 13.5. The molecule has 0 bridgehead atoms. The molecule has 2 unspecified atom stereocenters. The average molecular weight is 504 g/mol. The molecule has 1 aromatic heterocycles. The molecule has 1 saturated heterocycles. The average Bonchev–Trinajstić information content (AvgIpc) is 3.02. The van der Waals surface area contributed by atoms with E-state index in [0.29, 0.717) is 16.6 Å². The van der Waals surface area contributed by atoms with Crippen molar-refractivity contribution >= 4 is 33.7 Å². The Labute approximate surface area is 197 Å². The first-order valence-corrected chi connectivity index (χ1v) is 11.5. The van der Waals surface area contributed by atoms with Gasteiger partial charge >= 0.3 is 0 Å². The van der Waals surface area contributed by atoms with Crippen LogP contribution in [-0.2, 0) is 14.4 Å². The van der Waals surface area contributed by atoms with E-state index in [4.69, 9.17) is 0 Å². The van der Waals surface area contributed by atoms with E-state index in [2.05, 4.69) is 51.5 Å². The smallest absolute Gasteiger partial charge is 0.246 e.